The lowest BCUT2D eigenvalue weighted by Crippen LogP contribution is -2.39. The summed E-state index contributed by atoms with van der Waals surface area (Å²) in [6, 6.07) is 15.2. The van der Waals surface area contributed by atoms with Gasteiger partial charge in [0.1, 0.15) is 10.8 Å². The van der Waals surface area contributed by atoms with Crippen LogP contribution in [0.3, 0.4) is 0 Å². The van der Waals surface area contributed by atoms with Gasteiger partial charge in [0.2, 0.25) is 5.91 Å². The van der Waals surface area contributed by atoms with Crippen molar-refractivity contribution in [2.45, 2.75) is 32.0 Å². The third-order valence-electron chi connectivity index (χ3n) is 4.87. The molecule has 3 aromatic rings. The van der Waals surface area contributed by atoms with Gasteiger partial charge in [-0.1, -0.05) is 30.3 Å². The Morgan fingerprint density at radius 1 is 1.15 bits per heavy atom. The molecule has 1 aromatic heterocycles. The Morgan fingerprint density at radius 3 is 2.63 bits per heavy atom. The standard InChI is InChI=1S/C21H22FN3OS/c1-24(13-20-23-18-8-4-5-9-19(18)27-20)21(26)14-25(16-10-11-16)12-15-6-2-3-7-17(15)22/h2-9,16H,10-14H2,1H3. The van der Waals surface area contributed by atoms with Crippen LogP contribution in [0.15, 0.2) is 48.5 Å². The number of hydrogen-bond donors (Lipinski definition) is 0. The summed E-state index contributed by atoms with van der Waals surface area (Å²) in [5, 5.41) is 0.930. The molecule has 0 spiro atoms. The first-order valence-corrected chi connectivity index (χ1v) is 9.97. The number of amides is 1. The molecule has 0 radical (unpaired) electrons. The number of aromatic nitrogens is 1. The molecular formula is C21H22FN3OS. The van der Waals surface area contributed by atoms with Crippen molar-refractivity contribution in [2.24, 2.45) is 0 Å². The summed E-state index contributed by atoms with van der Waals surface area (Å²) in [5.41, 5.74) is 1.61. The van der Waals surface area contributed by atoms with Gasteiger partial charge in [0.05, 0.1) is 23.3 Å². The van der Waals surface area contributed by atoms with E-state index in [2.05, 4.69) is 9.88 Å². The molecule has 0 unspecified atom stereocenters. The smallest absolute Gasteiger partial charge is 0.236 e. The van der Waals surface area contributed by atoms with Gasteiger partial charge in [0.25, 0.3) is 0 Å². The van der Waals surface area contributed by atoms with E-state index >= 15 is 0 Å². The molecule has 0 bridgehead atoms. The molecule has 0 saturated heterocycles. The number of benzene rings is 2. The minimum Gasteiger partial charge on any atom is -0.338 e. The summed E-state index contributed by atoms with van der Waals surface area (Å²) in [7, 11) is 1.81. The number of carbonyl (C=O) groups is 1. The van der Waals surface area contributed by atoms with Crippen LogP contribution >= 0.6 is 11.3 Å². The number of fused-ring (bicyclic) bond motifs is 1. The average Bonchev–Trinajstić information content (AvgIpc) is 3.42. The molecular weight excluding hydrogens is 361 g/mol. The van der Waals surface area contributed by atoms with E-state index in [0.717, 1.165) is 28.1 Å². The molecule has 1 aliphatic rings. The summed E-state index contributed by atoms with van der Waals surface area (Å²) in [6.45, 7) is 1.27. The zero-order valence-electron chi connectivity index (χ0n) is 15.3. The number of hydrogen-bond acceptors (Lipinski definition) is 4. The topological polar surface area (TPSA) is 36.4 Å². The van der Waals surface area contributed by atoms with E-state index < -0.39 is 0 Å². The van der Waals surface area contributed by atoms with Crippen molar-refractivity contribution in [2.75, 3.05) is 13.6 Å². The van der Waals surface area contributed by atoms with Gasteiger partial charge in [0, 0.05) is 25.2 Å². The molecule has 4 nitrogen and oxygen atoms in total. The molecule has 1 aliphatic carbocycles. The van der Waals surface area contributed by atoms with E-state index in [9.17, 15) is 9.18 Å². The van der Waals surface area contributed by atoms with E-state index in [4.69, 9.17) is 0 Å². The summed E-state index contributed by atoms with van der Waals surface area (Å²) in [4.78, 5) is 21.2. The average molecular weight is 383 g/mol. The van der Waals surface area contributed by atoms with Crippen molar-refractivity contribution < 1.29 is 9.18 Å². The highest BCUT2D eigenvalue weighted by atomic mass is 32.1. The number of likely N-dealkylation sites (N-methyl/N-ethyl adjacent to an activating group) is 1. The zero-order valence-corrected chi connectivity index (χ0v) is 16.1. The SMILES string of the molecule is CN(Cc1nc2ccccc2s1)C(=O)CN(Cc1ccccc1F)C1CC1. The maximum atomic E-state index is 14.0. The van der Waals surface area contributed by atoms with E-state index in [0.29, 0.717) is 31.2 Å². The predicted molar refractivity (Wildman–Crippen MR) is 106 cm³/mol. The number of halogens is 1. The second kappa shape index (κ2) is 7.74. The fraction of sp³-hybridized carbons (Fsp3) is 0.333. The predicted octanol–water partition coefficient (Wildman–Crippen LogP) is 4.06. The lowest BCUT2D eigenvalue weighted by molar-refractivity contribution is -0.132. The molecule has 140 valence electrons. The molecule has 1 amide bonds. The Bertz CT molecular complexity index is 920. The monoisotopic (exact) mass is 383 g/mol. The van der Waals surface area contributed by atoms with Crippen LogP contribution < -0.4 is 0 Å². The van der Waals surface area contributed by atoms with Crippen LogP contribution in [0.4, 0.5) is 4.39 Å². The first kappa shape index (κ1) is 18.1. The normalized spacial score (nSPS) is 14.0. The van der Waals surface area contributed by atoms with Crippen molar-refractivity contribution in [3.63, 3.8) is 0 Å². The first-order valence-electron chi connectivity index (χ1n) is 9.16. The second-order valence-corrected chi connectivity index (χ2v) is 8.17. The van der Waals surface area contributed by atoms with Crippen molar-refractivity contribution in [3.05, 3.63) is 64.9 Å². The number of rotatable bonds is 7. The number of thiazole rings is 1. The van der Waals surface area contributed by atoms with Crippen molar-refractivity contribution in [3.8, 4) is 0 Å². The van der Waals surface area contributed by atoms with E-state index in [1.807, 2.05) is 37.4 Å². The number of para-hydroxylation sites is 1. The maximum absolute atomic E-state index is 14.0. The third-order valence-corrected chi connectivity index (χ3v) is 5.89. The quantitative estimate of drug-likeness (QED) is 0.617. The second-order valence-electron chi connectivity index (χ2n) is 7.05. The first-order chi connectivity index (χ1) is 13.1. The minimum atomic E-state index is -0.210. The molecule has 2 aromatic carbocycles. The van der Waals surface area contributed by atoms with E-state index in [1.165, 1.54) is 6.07 Å². The van der Waals surface area contributed by atoms with Crippen LogP contribution in [0.5, 0.6) is 0 Å². The molecule has 4 rings (SSSR count). The Hall–Kier alpha value is -2.31. The Kier molecular flexibility index (Phi) is 5.18. The Morgan fingerprint density at radius 2 is 1.89 bits per heavy atom. The molecule has 0 N–H and O–H groups in total. The van der Waals surface area contributed by atoms with Crippen LogP contribution in [0, 0.1) is 5.82 Å². The van der Waals surface area contributed by atoms with Crippen molar-refractivity contribution >= 4 is 27.5 Å². The molecule has 1 heterocycles. The molecule has 6 heteroatoms. The van der Waals surface area contributed by atoms with Crippen LogP contribution in [-0.2, 0) is 17.9 Å². The van der Waals surface area contributed by atoms with Crippen LogP contribution in [-0.4, -0.2) is 40.3 Å². The summed E-state index contributed by atoms with van der Waals surface area (Å²) < 4.78 is 15.1. The lowest BCUT2D eigenvalue weighted by atomic mass is 10.2. The van der Waals surface area contributed by atoms with Crippen LogP contribution in [0.1, 0.15) is 23.4 Å². The van der Waals surface area contributed by atoms with E-state index in [1.54, 1.807) is 28.4 Å². The Balaban J connectivity index is 1.40. The third kappa shape index (κ3) is 4.34. The molecule has 0 atom stereocenters. The van der Waals surface area contributed by atoms with Gasteiger partial charge >= 0.3 is 0 Å². The van der Waals surface area contributed by atoms with Gasteiger partial charge in [-0.2, -0.15) is 0 Å². The molecule has 1 saturated carbocycles. The molecule has 27 heavy (non-hydrogen) atoms. The maximum Gasteiger partial charge on any atom is 0.236 e. The minimum absolute atomic E-state index is 0.0393. The highest BCUT2D eigenvalue weighted by molar-refractivity contribution is 7.18. The van der Waals surface area contributed by atoms with Crippen molar-refractivity contribution in [1.82, 2.24) is 14.8 Å². The van der Waals surface area contributed by atoms with Crippen LogP contribution in [0.2, 0.25) is 0 Å². The van der Waals surface area contributed by atoms with Gasteiger partial charge in [-0.15, -0.1) is 11.3 Å². The lowest BCUT2D eigenvalue weighted by Gasteiger charge is -2.25. The van der Waals surface area contributed by atoms with Gasteiger partial charge in [0.15, 0.2) is 0 Å². The van der Waals surface area contributed by atoms with E-state index in [-0.39, 0.29) is 11.7 Å². The van der Waals surface area contributed by atoms with Crippen molar-refractivity contribution in [1.29, 1.82) is 0 Å². The van der Waals surface area contributed by atoms with Gasteiger partial charge in [-0.25, -0.2) is 9.37 Å². The fourth-order valence-electron chi connectivity index (χ4n) is 3.17. The number of nitrogens with zero attached hydrogens (tertiary/aromatic N) is 3. The molecule has 0 aliphatic heterocycles. The molecule has 1 fully saturated rings. The largest absolute Gasteiger partial charge is 0.338 e. The van der Waals surface area contributed by atoms with Crippen LogP contribution in [0.25, 0.3) is 10.2 Å². The summed E-state index contributed by atoms with van der Waals surface area (Å²) in [6.07, 6.45) is 2.15. The number of carbonyl (C=O) groups excluding carboxylic acids is 1. The summed E-state index contributed by atoms with van der Waals surface area (Å²) in [5.74, 6) is -0.170. The van der Waals surface area contributed by atoms with Gasteiger partial charge in [-0.05, 0) is 31.0 Å². The highest BCUT2D eigenvalue weighted by Crippen LogP contribution is 2.29. The van der Waals surface area contributed by atoms with Gasteiger partial charge < -0.3 is 4.90 Å². The Labute approximate surface area is 162 Å². The zero-order chi connectivity index (χ0) is 18.8. The fourth-order valence-corrected chi connectivity index (χ4v) is 4.19. The summed E-state index contributed by atoms with van der Waals surface area (Å²) >= 11 is 1.62. The van der Waals surface area contributed by atoms with Gasteiger partial charge in [-0.3, -0.25) is 9.69 Å². The highest BCUT2D eigenvalue weighted by Gasteiger charge is 2.31.